The molecule has 0 radical (unpaired) electrons. The molecule has 2 aromatic carbocycles. The molecule has 1 unspecified atom stereocenters. The Bertz CT molecular complexity index is 568. The molecule has 1 N–H and O–H groups in total. The van der Waals surface area contributed by atoms with Gasteiger partial charge in [-0.25, -0.2) is 4.39 Å². The van der Waals surface area contributed by atoms with Gasteiger partial charge in [0.15, 0.2) is 0 Å². The van der Waals surface area contributed by atoms with Gasteiger partial charge in [0, 0.05) is 17.6 Å². The van der Waals surface area contributed by atoms with Gasteiger partial charge in [0.25, 0.3) is 0 Å². The molecule has 2 rings (SSSR count). The van der Waals surface area contributed by atoms with E-state index in [0.29, 0.717) is 0 Å². The van der Waals surface area contributed by atoms with Gasteiger partial charge in [-0.1, -0.05) is 37.3 Å². The molecule has 112 valence electrons. The van der Waals surface area contributed by atoms with Crippen LogP contribution in [0.15, 0.2) is 48.5 Å². The van der Waals surface area contributed by atoms with Crippen molar-refractivity contribution in [3.63, 3.8) is 0 Å². The third-order valence-electron chi connectivity index (χ3n) is 3.74. The van der Waals surface area contributed by atoms with Gasteiger partial charge in [-0.3, -0.25) is 0 Å². The Labute approximate surface area is 126 Å². The predicted octanol–water partition coefficient (Wildman–Crippen LogP) is 4.64. The normalized spacial score (nSPS) is 13.7. The second-order valence-corrected chi connectivity index (χ2v) is 5.14. The molecule has 2 nitrogen and oxygen atoms in total. The summed E-state index contributed by atoms with van der Waals surface area (Å²) in [6, 6.07) is 15.0. The first kappa shape index (κ1) is 15.5. The Kier molecular flexibility index (Phi) is 5.34. The monoisotopic (exact) mass is 287 g/mol. The van der Waals surface area contributed by atoms with E-state index < -0.39 is 0 Å². The molecule has 2 atom stereocenters. The Balaban J connectivity index is 2.16. The van der Waals surface area contributed by atoms with E-state index in [1.807, 2.05) is 30.3 Å². The quantitative estimate of drug-likeness (QED) is 0.836. The van der Waals surface area contributed by atoms with E-state index in [9.17, 15) is 4.39 Å². The molecule has 0 amide bonds. The zero-order chi connectivity index (χ0) is 15.2. The molecule has 0 aliphatic heterocycles. The maximum absolute atomic E-state index is 13.0. The molecule has 0 saturated heterocycles. The van der Waals surface area contributed by atoms with Crippen LogP contribution in [-0.2, 0) is 0 Å². The highest BCUT2D eigenvalue weighted by Crippen LogP contribution is 2.28. The van der Waals surface area contributed by atoms with Crippen LogP contribution in [-0.4, -0.2) is 7.11 Å². The Hall–Kier alpha value is -1.87. The Morgan fingerprint density at radius 1 is 1.10 bits per heavy atom. The van der Waals surface area contributed by atoms with Gasteiger partial charge in [-0.05, 0) is 37.1 Å². The van der Waals surface area contributed by atoms with E-state index >= 15 is 0 Å². The highest BCUT2D eigenvalue weighted by Gasteiger charge is 2.16. The fraction of sp³-hybridized carbons (Fsp3) is 0.333. The second-order valence-electron chi connectivity index (χ2n) is 5.14. The lowest BCUT2D eigenvalue weighted by Crippen LogP contribution is -2.24. The number of methoxy groups -OCH3 is 1. The zero-order valence-electron chi connectivity index (χ0n) is 12.8. The number of hydrogen-bond acceptors (Lipinski definition) is 2. The van der Waals surface area contributed by atoms with Crippen LogP contribution in [0.1, 0.15) is 43.5 Å². The number of benzene rings is 2. The molecular weight excluding hydrogens is 265 g/mol. The molecule has 0 aliphatic carbocycles. The average molecular weight is 287 g/mol. The molecule has 0 fully saturated rings. The summed E-state index contributed by atoms with van der Waals surface area (Å²) in [7, 11) is 1.68. The molecule has 0 heterocycles. The number of nitrogens with one attached hydrogen (secondary N) is 1. The van der Waals surface area contributed by atoms with Gasteiger partial charge in [-0.2, -0.15) is 0 Å². The van der Waals surface area contributed by atoms with Crippen LogP contribution in [0, 0.1) is 5.82 Å². The van der Waals surface area contributed by atoms with E-state index in [1.54, 1.807) is 7.11 Å². The van der Waals surface area contributed by atoms with Gasteiger partial charge >= 0.3 is 0 Å². The van der Waals surface area contributed by atoms with Crippen molar-refractivity contribution in [2.75, 3.05) is 7.11 Å². The molecule has 2 aromatic rings. The molecular formula is C18H22FNO. The van der Waals surface area contributed by atoms with Crippen molar-refractivity contribution in [2.45, 2.75) is 32.4 Å². The van der Waals surface area contributed by atoms with Crippen LogP contribution in [0.5, 0.6) is 5.75 Å². The SMILES string of the molecule is CCC(N[C@H](C)c1ccccc1OC)c1ccc(F)cc1. The number of para-hydroxylation sites is 1. The first-order valence-corrected chi connectivity index (χ1v) is 7.30. The molecule has 0 aromatic heterocycles. The molecule has 0 bridgehead atoms. The van der Waals surface area contributed by atoms with E-state index in [2.05, 4.69) is 25.2 Å². The highest BCUT2D eigenvalue weighted by atomic mass is 19.1. The van der Waals surface area contributed by atoms with E-state index in [-0.39, 0.29) is 17.9 Å². The van der Waals surface area contributed by atoms with Crippen LogP contribution in [0.25, 0.3) is 0 Å². The van der Waals surface area contributed by atoms with Gasteiger partial charge in [0.05, 0.1) is 7.11 Å². The summed E-state index contributed by atoms with van der Waals surface area (Å²) in [4.78, 5) is 0. The summed E-state index contributed by atoms with van der Waals surface area (Å²) in [6.07, 6.45) is 0.936. The third kappa shape index (κ3) is 3.82. The van der Waals surface area contributed by atoms with Crippen LogP contribution < -0.4 is 10.1 Å². The van der Waals surface area contributed by atoms with Gasteiger partial charge in [-0.15, -0.1) is 0 Å². The fourth-order valence-corrected chi connectivity index (χ4v) is 2.56. The lowest BCUT2D eigenvalue weighted by atomic mass is 10.0. The summed E-state index contributed by atoms with van der Waals surface area (Å²) in [6.45, 7) is 4.24. The first-order chi connectivity index (χ1) is 10.2. The van der Waals surface area contributed by atoms with Crippen LogP contribution in [0.3, 0.4) is 0 Å². The maximum Gasteiger partial charge on any atom is 0.123 e. The third-order valence-corrected chi connectivity index (χ3v) is 3.74. The van der Waals surface area contributed by atoms with Crippen LogP contribution >= 0.6 is 0 Å². The summed E-state index contributed by atoms with van der Waals surface area (Å²) >= 11 is 0. The predicted molar refractivity (Wildman–Crippen MR) is 84.0 cm³/mol. The lowest BCUT2D eigenvalue weighted by molar-refractivity contribution is 0.392. The highest BCUT2D eigenvalue weighted by molar-refractivity contribution is 5.35. The van der Waals surface area contributed by atoms with Crippen molar-refractivity contribution in [3.05, 3.63) is 65.5 Å². The number of halogens is 1. The van der Waals surface area contributed by atoms with E-state index in [1.165, 1.54) is 12.1 Å². The summed E-state index contributed by atoms with van der Waals surface area (Å²) in [5.41, 5.74) is 2.22. The molecule has 21 heavy (non-hydrogen) atoms. The van der Waals surface area contributed by atoms with E-state index in [4.69, 9.17) is 4.74 Å². The molecule has 0 saturated carbocycles. The van der Waals surface area contributed by atoms with Crippen LogP contribution in [0.4, 0.5) is 4.39 Å². The number of hydrogen-bond donors (Lipinski definition) is 1. The molecule has 0 spiro atoms. The topological polar surface area (TPSA) is 21.3 Å². The smallest absolute Gasteiger partial charge is 0.123 e. The minimum atomic E-state index is -0.202. The van der Waals surface area contributed by atoms with Crippen molar-refractivity contribution < 1.29 is 9.13 Å². The summed E-state index contributed by atoms with van der Waals surface area (Å²) < 4.78 is 18.5. The van der Waals surface area contributed by atoms with Gasteiger partial charge in [0.2, 0.25) is 0 Å². The standard InChI is InChI=1S/C18H22FNO/c1-4-17(14-9-11-15(19)12-10-14)20-13(2)16-7-5-6-8-18(16)21-3/h5-13,17,20H,4H2,1-3H3/t13-,17?/m1/s1. The minimum absolute atomic E-state index is 0.149. The number of rotatable bonds is 6. The summed E-state index contributed by atoms with van der Waals surface area (Å²) in [5.74, 6) is 0.679. The second kappa shape index (κ2) is 7.23. The first-order valence-electron chi connectivity index (χ1n) is 7.30. The minimum Gasteiger partial charge on any atom is -0.496 e. The lowest BCUT2D eigenvalue weighted by Gasteiger charge is -2.24. The van der Waals surface area contributed by atoms with Crippen molar-refractivity contribution >= 4 is 0 Å². The van der Waals surface area contributed by atoms with Crippen molar-refractivity contribution in [2.24, 2.45) is 0 Å². The molecule has 3 heteroatoms. The summed E-state index contributed by atoms with van der Waals surface area (Å²) in [5, 5.41) is 3.59. The van der Waals surface area contributed by atoms with Gasteiger partial charge in [0.1, 0.15) is 11.6 Å². The maximum atomic E-state index is 13.0. The number of ether oxygens (including phenoxy) is 1. The Morgan fingerprint density at radius 2 is 1.76 bits per heavy atom. The Morgan fingerprint density at radius 3 is 2.38 bits per heavy atom. The fourth-order valence-electron chi connectivity index (χ4n) is 2.56. The van der Waals surface area contributed by atoms with Crippen molar-refractivity contribution in [1.82, 2.24) is 5.32 Å². The van der Waals surface area contributed by atoms with Crippen LogP contribution in [0.2, 0.25) is 0 Å². The van der Waals surface area contributed by atoms with Crippen molar-refractivity contribution in [3.8, 4) is 5.75 Å². The molecule has 0 aliphatic rings. The largest absolute Gasteiger partial charge is 0.496 e. The van der Waals surface area contributed by atoms with Gasteiger partial charge < -0.3 is 10.1 Å². The zero-order valence-corrected chi connectivity index (χ0v) is 12.8. The van der Waals surface area contributed by atoms with Crippen molar-refractivity contribution in [1.29, 1.82) is 0 Å². The van der Waals surface area contributed by atoms with E-state index in [0.717, 1.165) is 23.3 Å². The average Bonchev–Trinajstić information content (AvgIpc) is 2.53.